The molecule has 0 spiro atoms. The molecule has 2 unspecified atom stereocenters. The van der Waals surface area contributed by atoms with Gasteiger partial charge >= 0.3 is 0 Å². The van der Waals surface area contributed by atoms with Crippen LogP contribution in [-0.4, -0.2) is 5.11 Å². The first-order valence-electron chi connectivity index (χ1n) is 6.08. The molecule has 2 atom stereocenters. The van der Waals surface area contributed by atoms with Crippen LogP contribution in [0.2, 0.25) is 0 Å². The maximum absolute atomic E-state index is 13.2. The molecule has 0 bridgehead atoms. The molecule has 0 radical (unpaired) electrons. The van der Waals surface area contributed by atoms with E-state index in [-0.39, 0.29) is 11.7 Å². The second-order valence-electron chi connectivity index (χ2n) is 4.65. The van der Waals surface area contributed by atoms with Crippen molar-refractivity contribution in [1.82, 2.24) is 0 Å². The molecule has 2 rings (SSSR count). The number of aliphatic hydroxyl groups excluding tert-OH is 1. The Morgan fingerprint density at radius 1 is 1.00 bits per heavy atom. The first kappa shape index (κ1) is 12.8. The second-order valence-corrected chi connectivity index (χ2v) is 4.65. The van der Waals surface area contributed by atoms with E-state index in [2.05, 4.69) is 0 Å². The highest BCUT2D eigenvalue weighted by Crippen LogP contribution is 2.30. The van der Waals surface area contributed by atoms with Gasteiger partial charge in [-0.25, -0.2) is 4.39 Å². The van der Waals surface area contributed by atoms with E-state index in [1.165, 1.54) is 6.07 Å². The van der Waals surface area contributed by atoms with Gasteiger partial charge in [0.15, 0.2) is 0 Å². The molecule has 2 aromatic rings. The summed E-state index contributed by atoms with van der Waals surface area (Å²) in [6, 6.07) is 14.6. The smallest absolute Gasteiger partial charge is 0.126 e. The third kappa shape index (κ3) is 2.59. The average Bonchev–Trinajstić information content (AvgIpc) is 2.41. The monoisotopic (exact) mass is 244 g/mol. The van der Waals surface area contributed by atoms with Gasteiger partial charge in [-0.15, -0.1) is 0 Å². The van der Waals surface area contributed by atoms with Crippen LogP contribution in [0.3, 0.4) is 0 Å². The van der Waals surface area contributed by atoms with E-state index < -0.39 is 6.10 Å². The summed E-state index contributed by atoms with van der Waals surface area (Å²) < 4.78 is 13.2. The van der Waals surface area contributed by atoms with Crippen LogP contribution < -0.4 is 0 Å². The zero-order valence-electron chi connectivity index (χ0n) is 10.6. The van der Waals surface area contributed by atoms with Crippen molar-refractivity contribution in [2.45, 2.75) is 25.9 Å². The Morgan fingerprint density at radius 3 is 2.28 bits per heavy atom. The third-order valence-corrected chi connectivity index (χ3v) is 3.32. The first-order chi connectivity index (χ1) is 8.59. The first-order valence-corrected chi connectivity index (χ1v) is 6.08. The van der Waals surface area contributed by atoms with Crippen LogP contribution in [-0.2, 0) is 0 Å². The highest BCUT2D eigenvalue weighted by atomic mass is 19.1. The molecule has 18 heavy (non-hydrogen) atoms. The van der Waals surface area contributed by atoms with Gasteiger partial charge in [0.25, 0.3) is 0 Å². The fourth-order valence-electron chi connectivity index (χ4n) is 2.08. The van der Waals surface area contributed by atoms with Gasteiger partial charge in [-0.2, -0.15) is 0 Å². The van der Waals surface area contributed by atoms with Crippen molar-refractivity contribution in [3.8, 4) is 0 Å². The number of aryl methyl sites for hydroxylation is 1. The standard InChI is InChI=1S/C16H17FO/c1-11-10-14(8-9-15(11)17)16(18)12(2)13-6-4-3-5-7-13/h3-10,12,16,18H,1-2H3. The lowest BCUT2D eigenvalue weighted by Crippen LogP contribution is -2.08. The minimum absolute atomic E-state index is 0.0175. The van der Waals surface area contributed by atoms with Crippen LogP contribution >= 0.6 is 0 Å². The molecule has 0 aromatic heterocycles. The van der Waals surface area contributed by atoms with Gasteiger partial charge in [0, 0.05) is 5.92 Å². The van der Waals surface area contributed by atoms with Crippen LogP contribution in [0.5, 0.6) is 0 Å². The summed E-state index contributed by atoms with van der Waals surface area (Å²) >= 11 is 0. The number of aliphatic hydroxyl groups is 1. The van der Waals surface area contributed by atoms with Crippen molar-refractivity contribution < 1.29 is 9.50 Å². The Morgan fingerprint density at radius 2 is 1.67 bits per heavy atom. The molecule has 0 fully saturated rings. The predicted molar refractivity (Wildman–Crippen MR) is 71.0 cm³/mol. The molecular formula is C16H17FO. The molecule has 0 heterocycles. The fraction of sp³-hybridized carbons (Fsp3) is 0.250. The van der Waals surface area contributed by atoms with Gasteiger partial charge in [-0.1, -0.05) is 49.4 Å². The number of halogens is 1. The van der Waals surface area contributed by atoms with Gasteiger partial charge < -0.3 is 5.11 Å². The molecule has 1 nitrogen and oxygen atoms in total. The summed E-state index contributed by atoms with van der Waals surface area (Å²) in [6.07, 6.45) is -0.619. The molecule has 0 aliphatic heterocycles. The summed E-state index contributed by atoms with van der Waals surface area (Å²) in [7, 11) is 0. The molecule has 94 valence electrons. The molecular weight excluding hydrogens is 227 g/mol. The van der Waals surface area contributed by atoms with Crippen LogP contribution in [0.15, 0.2) is 48.5 Å². The van der Waals surface area contributed by atoms with Crippen molar-refractivity contribution in [3.63, 3.8) is 0 Å². The van der Waals surface area contributed by atoms with Crippen molar-refractivity contribution in [2.75, 3.05) is 0 Å². The third-order valence-electron chi connectivity index (χ3n) is 3.32. The van der Waals surface area contributed by atoms with Crippen molar-refractivity contribution >= 4 is 0 Å². The summed E-state index contributed by atoms with van der Waals surface area (Å²) in [5.41, 5.74) is 2.39. The molecule has 0 aliphatic carbocycles. The second kappa shape index (κ2) is 5.32. The summed E-state index contributed by atoms with van der Waals surface area (Å²) in [5.74, 6) is -0.255. The Bertz CT molecular complexity index is 522. The molecule has 2 aromatic carbocycles. The lowest BCUT2D eigenvalue weighted by atomic mass is 9.90. The Kier molecular flexibility index (Phi) is 3.78. The molecule has 0 amide bonds. The van der Waals surface area contributed by atoms with Gasteiger partial charge in [0.05, 0.1) is 6.10 Å². The predicted octanol–water partition coefficient (Wildman–Crippen LogP) is 3.97. The number of benzene rings is 2. The fourth-order valence-corrected chi connectivity index (χ4v) is 2.08. The minimum atomic E-state index is -0.619. The topological polar surface area (TPSA) is 20.2 Å². The largest absolute Gasteiger partial charge is 0.388 e. The van der Waals surface area contributed by atoms with E-state index in [0.717, 1.165) is 11.1 Å². The van der Waals surface area contributed by atoms with E-state index in [0.29, 0.717) is 5.56 Å². The lowest BCUT2D eigenvalue weighted by Gasteiger charge is -2.20. The SMILES string of the molecule is Cc1cc(C(O)C(C)c2ccccc2)ccc1F. The van der Waals surface area contributed by atoms with Gasteiger partial charge in [-0.05, 0) is 29.7 Å². The molecule has 0 saturated carbocycles. The summed E-state index contributed by atoms with van der Waals surface area (Å²) in [6.45, 7) is 3.68. The van der Waals surface area contributed by atoms with E-state index >= 15 is 0 Å². The Hall–Kier alpha value is -1.67. The Labute approximate surface area is 107 Å². The van der Waals surface area contributed by atoms with E-state index in [4.69, 9.17) is 0 Å². The van der Waals surface area contributed by atoms with E-state index in [9.17, 15) is 9.50 Å². The number of rotatable bonds is 3. The van der Waals surface area contributed by atoms with E-state index in [1.54, 1.807) is 19.1 Å². The highest BCUT2D eigenvalue weighted by Gasteiger charge is 2.18. The van der Waals surface area contributed by atoms with Gasteiger partial charge in [0.1, 0.15) is 5.82 Å². The zero-order valence-corrected chi connectivity index (χ0v) is 10.6. The van der Waals surface area contributed by atoms with Gasteiger partial charge in [-0.3, -0.25) is 0 Å². The van der Waals surface area contributed by atoms with Crippen LogP contribution in [0, 0.1) is 12.7 Å². The van der Waals surface area contributed by atoms with Crippen LogP contribution in [0.1, 0.15) is 35.6 Å². The number of hydrogen-bond donors (Lipinski definition) is 1. The van der Waals surface area contributed by atoms with Gasteiger partial charge in [0.2, 0.25) is 0 Å². The van der Waals surface area contributed by atoms with Crippen LogP contribution in [0.25, 0.3) is 0 Å². The minimum Gasteiger partial charge on any atom is -0.388 e. The highest BCUT2D eigenvalue weighted by molar-refractivity contribution is 5.29. The quantitative estimate of drug-likeness (QED) is 0.866. The lowest BCUT2D eigenvalue weighted by molar-refractivity contribution is 0.151. The summed E-state index contributed by atoms with van der Waals surface area (Å²) in [4.78, 5) is 0. The molecule has 0 saturated heterocycles. The Balaban J connectivity index is 2.25. The zero-order chi connectivity index (χ0) is 13.1. The van der Waals surface area contributed by atoms with Crippen LogP contribution in [0.4, 0.5) is 4.39 Å². The molecule has 2 heteroatoms. The van der Waals surface area contributed by atoms with Crippen molar-refractivity contribution in [3.05, 3.63) is 71.0 Å². The normalized spacial score (nSPS) is 14.2. The van der Waals surface area contributed by atoms with Crippen molar-refractivity contribution in [1.29, 1.82) is 0 Å². The maximum atomic E-state index is 13.2. The maximum Gasteiger partial charge on any atom is 0.126 e. The molecule has 1 N–H and O–H groups in total. The van der Waals surface area contributed by atoms with Crippen molar-refractivity contribution in [2.24, 2.45) is 0 Å². The van der Waals surface area contributed by atoms with E-state index in [1.807, 2.05) is 37.3 Å². The molecule has 0 aliphatic rings. The summed E-state index contributed by atoms with van der Waals surface area (Å²) in [5, 5.41) is 10.3. The average molecular weight is 244 g/mol. The number of hydrogen-bond acceptors (Lipinski definition) is 1.